The molecule has 0 saturated heterocycles. The molecule has 18 heavy (non-hydrogen) atoms. The van der Waals surface area contributed by atoms with Gasteiger partial charge in [-0.3, -0.25) is 9.59 Å². The van der Waals surface area contributed by atoms with Gasteiger partial charge >= 0.3 is 0 Å². The lowest BCUT2D eigenvalue weighted by atomic mass is 10.1. The molecule has 0 aliphatic heterocycles. The highest BCUT2D eigenvalue weighted by molar-refractivity contribution is 6.20. The van der Waals surface area contributed by atoms with Crippen LogP contribution in [0.3, 0.4) is 0 Å². The highest BCUT2D eigenvalue weighted by Gasteiger charge is 2.23. The number of hydrogen-bond acceptors (Lipinski definition) is 4. The van der Waals surface area contributed by atoms with Crippen LogP contribution in [0.1, 0.15) is 0 Å². The number of carbonyl (C=O) groups excluding carboxylic acids is 2. The monoisotopic (exact) mass is 243 g/mol. The van der Waals surface area contributed by atoms with Crippen LogP contribution in [0.25, 0.3) is 0 Å². The number of benzene rings is 1. The number of hydrogen-bond donors (Lipinski definition) is 0. The number of anilines is 1. The van der Waals surface area contributed by atoms with E-state index < -0.39 is 0 Å². The first-order chi connectivity index (χ1) is 8.63. The molecule has 0 heterocycles. The normalized spacial score (nSPS) is 15.0. The van der Waals surface area contributed by atoms with Crippen molar-refractivity contribution >= 4 is 17.3 Å². The highest BCUT2D eigenvalue weighted by Crippen LogP contribution is 2.21. The molecule has 1 aliphatic rings. The van der Waals surface area contributed by atoms with Crippen LogP contribution in [0.15, 0.2) is 53.9 Å². The van der Waals surface area contributed by atoms with Gasteiger partial charge in [-0.15, -0.1) is 0 Å². The second-order valence-electron chi connectivity index (χ2n) is 3.87. The molecule has 0 radical (unpaired) electrons. The lowest BCUT2D eigenvalue weighted by Gasteiger charge is -2.22. The van der Waals surface area contributed by atoms with Crippen LogP contribution in [0, 0.1) is 0 Å². The Labute approximate surface area is 105 Å². The van der Waals surface area contributed by atoms with E-state index in [0.717, 1.165) is 5.69 Å². The zero-order chi connectivity index (χ0) is 13.1. The topological polar surface area (TPSA) is 46.6 Å². The van der Waals surface area contributed by atoms with Crippen LogP contribution in [-0.2, 0) is 14.3 Å². The third-order valence-electron chi connectivity index (χ3n) is 2.75. The minimum Gasteiger partial charge on any atom is -0.493 e. The van der Waals surface area contributed by atoms with Crippen LogP contribution in [-0.4, -0.2) is 25.7 Å². The fourth-order valence-corrected chi connectivity index (χ4v) is 1.74. The van der Waals surface area contributed by atoms with Gasteiger partial charge in [-0.2, -0.15) is 0 Å². The molecule has 0 amide bonds. The highest BCUT2D eigenvalue weighted by atomic mass is 16.5. The Hall–Kier alpha value is -2.36. The van der Waals surface area contributed by atoms with E-state index in [1.807, 2.05) is 30.3 Å². The number of nitrogens with zero attached hydrogens (tertiary/aromatic N) is 1. The minimum absolute atomic E-state index is 0.0743. The fourth-order valence-electron chi connectivity index (χ4n) is 1.74. The largest absolute Gasteiger partial charge is 0.493 e. The van der Waals surface area contributed by atoms with E-state index in [1.165, 1.54) is 19.3 Å². The number of likely N-dealkylation sites (N-methyl/N-ethyl adjacent to an activating group) is 1. The van der Waals surface area contributed by atoms with Crippen molar-refractivity contribution in [3.8, 4) is 0 Å². The number of ketones is 2. The van der Waals surface area contributed by atoms with E-state index in [9.17, 15) is 9.59 Å². The Balaban J connectivity index is 2.31. The van der Waals surface area contributed by atoms with Crippen molar-refractivity contribution in [3.63, 3.8) is 0 Å². The van der Waals surface area contributed by atoms with Gasteiger partial charge in [0.05, 0.1) is 12.8 Å². The smallest absolute Gasteiger partial charge is 0.222 e. The zero-order valence-corrected chi connectivity index (χ0v) is 10.2. The van der Waals surface area contributed by atoms with E-state index in [-0.39, 0.29) is 17.3 Å². The molecule has 0 fully saturated rings. The van der Waals surface area contributed by atoms with Gasteiger partial charge in [0, 0.05) is 24.9 Å². The maximum absolute atomic E-state index is 11.9. The molecule has 0 N–H and O–H groups in total. The van der Waals surface area contributed by atoms with Crippen molar-refractivity contribution in [2.24, 2.45) is 0 Å². The number of allylic oxidation sites excluding steroid dienone is 2. The Morgan fingerprint density at radius 2 is 1.67 bits per heavy atom. The molecule has 0 bridgehead atoms. The predicted molar refractivity (Wildman–Crippen MR) is 68.0 cm³/mol. The van der Waals surface area contributed by atoms with Gasteiger partial charge in [-0.1, -0.05) is 18.2 Å². The summed E-state index contributed by atoms with van der Waals surface area (Å²) in [6.45, 7) is 0. The molecule has 2 rings (SSSR count). The van der Waals surface area contributed by atoms with Crippen LogP contribution in [0.5, 0.6) is 0 Å². The fraction of sp³-hybridized carbons (Fsp3) is 0.143. The number of para-hydroxylation sites is 1. The predicted octanol–water partition coefficient (Wildman–Crippen LogP) is 1.69. The third-order valence-corrected chi connectivity index (χ3v) is 2.75. The van der Waals surface area contributed by atoms with E-state index in [0.29, 0.717) is 5.70 Å². The lowest BCUT2D eigenvalue weighted by Crippen LogP contribution is -2.26. The maximum atomic E-state index is 11.9. The Morgan fingerprint density at radius 3 is 2.28 bits per heavy atom. The van der Waals surface area contributed by atoms with E-state index in [4.69, 9.17) is 4.74 Å². The van der Waals surface area contributed by atoms with Gasteiger partial charge in [-0.05, 0) is 12.1 Å². The van der Waals surface area contributed by atoms with Crippen LogP contribution < -0.4 is 4.90 Å². The van der Waals surface area contributed by atoms with Gasteiger partial charge in [0.25, 0.3) is 0 Å². The minimum atomic E-state index is -0.296. The van der Waals surface area contributed by atoms with E-state index in [2.05, 4.69) is 0 Å². The molecule has 1 aromatic rings. The first kappa shape index (κ1) is 12.1. The van der Waals surface area contributed by atoms with Crippen molar-refractivity contribution in [2.45, 2.75) is 0 Å². The van der Waals surface area contributed by atoms with Crippen molar-refractivity contribution in [2.75, 3.05) is 19.1 Å². The van der Waals surface area contributed by atoms with Crippen molar-refractivity contribution < 1.29 is 14.3 Å². The molecular formula is C14H13NO3. The van der Waals surface area contributed by atoms with Gasteiger partial charge < -0.3 is 9.64 Å². The molecule has 0 unspecified atom stereocenters. The van der Waals surface area contributed by atoms with Crippen LogP contribution in [0.4, 0.5) is 5.69 Å². The quantitative estimate of drug-likeness (QED) is 0.758. The standard InChI is InChI=1S/C14H13NO3/c1-15(10-6-4-3-5-7-10)11-8-13(17)14(18-2)9-12(11)16/h3-9H,1-2H3. The molecule has 4 heteroatoms. The van der Waals surface area contributed by atoms with Gasteiger partial charge in [-0.25, -0.2) is 0 Å². The summed E-state index contributed by atoms with van der Waals surface area (Å²) >= 11 is 0. The molecule has 0 spiro atoms. The number of methoxy groups -OCH3 is 1. The third kappa shape index (κ3) is 2.18. The van der Waals surface area contributed by atoms with Gasteiger partial charge in [0.1, 0.15) is 0 Å². The molecule has 4 nitrogen and oxygen atoms in total. The van der Waals surface area contributed by atoms with E-state index in [1.54, 1.807) is 11.9 Å². The summed E-state index contributed by atoms with van der Waals surface area (Å²) in [5.41, 5.74) is 1.19. The summed E-state index contributed by atoms with van der Waals surface area (Å²) in [6, 6.07) is 9.38. The van der Waals surface area contributed by atoms with Crippen molar-refractivity contribution in [1.29, 1.82) is 0 Å². The number of ether oxygens (including phenoxy) is 1. The lowest BCUT2D eigenvalue weighted by molar-refractivity contribution is -0.117. The summed E-state index contributed by atoms with van der Waals surface area (Å²) < 4.78 is 4.84. The summed E-state index contributed by atoms with van der Waals surface area (Å²) in [5, 5.41) is 0. The number of carbonyl (C=O) groups is 2. The summed E-state index contributed by atoms with van der Waals surface area (Å²) in [6.07, 6.45) is 2.52. The second kappa shape index (κ2) is 4.87. The summed E-state index contributed by atoms with van der Waals surface area (Å²) in [5.74, 6) is -0.460. The molecule has 1 aromatic carbocycles. The number of rotatable bonds is 3. The molecule has 0 saturated carbocycles. The van der Waals surface area contributed by atoms with Crippen LogP contribution in [0.2, 0.25) is 0 Å². The maximum Gasteiger partial charge on any atom is 0.222 e. The Morgan fingerprint density at radius 1 is 1.00 bits per heavy atom. The second-order valence-corrected chi connectivity index (χ2v) is 3.87. The van der Waals surface area contributed by atoms with Crippen molar-refractivity contribution in [1.82, 2.24) is 0 Å². The Kier molecular flexibility index (Phi) is 3.28. The Bertz CT molecular complexity index is 543. The van der Waals surface area contributed by atoms with Gasteiger partial charge in [0.2, 0.25) is 11.6 Å². The first-order valence-electron chi connectivity index (χ1n) is 5.48. The molecule has 0 atom stereocenters. The summed E-state index contributed by atoms with van der Waals surface area (Å²) in [7, 11) is 3.12. The average Bonchev–Trinajstić information content (AvgIpc) is 2.41. The van der Waals surface area contributed by atoms with E-state index >= 15 is 0 Å². The van der Waals surface area contributed by atoms with Crippen molar-refractivity contribution in [3.05, 3.63) is 53.9 Å². The SMILES string of the molecule is COC1=CC(=O)C(N(C)c2ccccc2)=CC1=O. The molecule has 0 aromatic heterocycles. The zero-order valence-electron chi connectivity index (χ0n) is 10.2. The average molecular weight is 243 g/mol. The molecule has 1 aliphatic carbocycles. The first-order valence-corrected chi connectivity index (χ1v) is 5.48. The summed E-state index contributed by atoms with van der Waals surface area (Å²) in [4.78, 5) is 25.3. The van der Waals surface area contributed by atoms with Crippen LogP contribution >= 0.6 is 0 Å². The molecular weight excluding hydrogens is 230 g/mol. The molecule has 92 valence electrons. The van der Waals surface area contributed by atoms with Gasteiger partial charge in [0.15, 0.2) is 5.76 Å².